The third-order valence-electron chi connectivity index (χ3n) is 4.34. The van der Waals surface area contributed by atoms with Gasteiger partial charge in [0.05, 0.1) is 15.7 Å². The molecule has 0 fully saturated rings. The Bertz CT molecular complexity index is 886. The second-order valence-electron chi connectivity index (χ2n) is 6.37. The van der Waals surface area contributed by atoms with Crippen molar-refractivity contribution < 1.29 is 14.3 Å². The fraction of sp³-hybridized carbons (Fsp3) is 0.300. The number of hydrogen-bond acceptors (Lipinski definition) is 3. The molecule has 0 saturated heterocycles. The summed E-state index contributed by atoms with van der Waals surface area (Å²) in [5.74, 6) is 0.236. The third kappa shape index (κ3) is 4.20. The smallest absolute Gasteiger partial charge is 0.267 e. The van der Waals surface area contributed by atoms with E-state index in [2.05, 4.69) is 12.2 Å². The van der Waals surface area contributed by atoms with Crippen molar-refractivity contribution in [2.24, 2.45) is 0 Å². The number of benzene rings is 2. The van der Waals surface area contributed by atoms with Gasteiger partial charge < -0.3 is 15.0 Å². The van der Waals surface area contributed by atoms with Crippen LogP contribution in [0.3, 0.4) is 0 Å². The van der Waals surface area contributed by atoms with E-state index in [1.165, 1.54) is 6.07 Å². The molecule has 3 rings (SSSR count). The monoisotopic (exact) mass is 406 g/mol. The summed E-state index contributed by atoms with van der Waals surface area (Å²) >= 11 is 11.9. The maximum absolute atomic E-state index is 12.5. The predicted molar refractivity (Wildman–Crippen MR) is 108 cm³/mol. The van der Waals surface area contributed by atoms with E-state index >= 15 is 0 Å². The van der Waals surface area contributed by atoms with Gasteiger partial charge in [-0.1, -0.05) is 36.5 Å². The maximum Gasteiger partial charge on any atom is 0.267 e. The molecule has 5 nitrogen and oxygen atoms in total. The standard InChI is InChI=1S/C20H20Cl2N2O3/c1-3-4-9-24-17-11-14(6-8-18(17)27-12(2)20(24)26)23-19(25)13-5-7-15(21)16(22)10-13/h5-8,10-12H,3-4,9H2,1-2H3,(H,23,25). The number of halogens is 2. The molecule has 1 N–H and O–H groups in total. The normalized spacial score (nSPS) is 15.9. The first-order valence-corrected chi connectivity index (χ1v) is 9.54. The van der Waals surface area contributed by atoms with Gasteiger partial charge in [0.25, 0.3) is 11.8 Å². The van der Waals surface area contributed by atoms with E-state index in [-0.39, 0.29) is 11.8 Å². The number of ether oxygens (including phenoxy) is 1. The largest absolute Gasteiger partial charge is 0.479 e. The molecule has 0 radical (unpaired) electrons. The van der Waals surface area contributed by atoms with Crippen LogP contribution in [0.15, 0.2) is 36.4 Å². The molecule has 0 bridgehead atoms. The molecule has 0 aromatic heterocycles. The third-order valence-corrected chi connectivity index (χ3v) is 5.08. The second-order valence-corrected chi connectivity index (χ2v) is 7.18. The van der Waals surface area contributed by atoms with Crippen molar-refractivity contribution in [3.8, 4) is 5.75 Å². The highest BCUT2D eigenvalue weighted by Gasteiger charge is 2.31. The lowest BCUT2D eigenvalue weighted by Crippen LogP contribution is -2.44. The van der Waals surface area contributed by atoms with E-state index in [1.54, 1.807) is 42.2 Å². The van der Waals surface area contributed by atoms with Crippen molar-refractivity contribution in [2.75, 3.05) is 16.8 Å². The van der Waals surface area contributed by atoms with Crippen LogP contribution < -0.4 is 15.0 Å². The van der Waals surface area contributed by atoms with Gasteiger partial charge in [-0.25, -0.2) is 0 Å². The molecular weight excluding hydrogens is 387 g/mol. The molecule has 142 valence electrons. The van der Waals surface area contributed by atoms with Crippen LogP contribution in [0.5, 0.6) is 5.75 Å². The lowest BCUT2D eigenvalue weighted by Gasteiger charge is -2.33. The number of carbonyl (C=O) groups is 2. The van der Waals surface area contributed by atoms with Crippen LogP contribution in [0.1, 0.15) is 37.0 Å². The van der Waals surface area contributed by atoms with Crippen LogP contribution in [-0.4, -0.2) is 24.5 Å². The Balaban J connectivity index is 1.86. The summed E-state index contributed by atoms with van der Waals surface area (Å²) in [6.45, 7) is 4.42. The van der Waals surface area contributed by atoms with Gasteiger partial charge in [-0.05, 0) is 49.7 Å². The topological polar surface area (TPSA) is 58.6 Å². The fourth-order valence-electron chi connectivity index (χ4n) is 2.87. The van der Waals surface area contributed by atoms with E-state index < -0.39 is 6.10 Å². The zero-order valence-electron chi connectivity index (χ0n) is 15.1. The van der Waals surface area contributed by atoms with Crippen molar-refractivity contribution in [2.45, 2.75) is 32.8 Å². The molecule has 1 aliphatic rings. The first kappa shape index (κ1) is 19.5. The Labute approximate surface area is 168 Å². The van der Waals surface area contributed by atoms with Crippen LogP contribution >= 0.6 is 23.2 Å². The average molecular weight is 407 g/mol. The second kappa shape index (κ2) is 8.19. The minimum atomic E-state index is -0.522. The molecule has 1 atom stereocenters. The van der Waals surface area contributed by atoms with E-state index in [0.29, 0.717) is 39.3 Å². The van der Waals surface area contributed by atoms with Gasteiger partial charge >= 0.3 is 0 Å². The first-order valence-electron chi connectivity index (χ1n) is 8.79. The van der Waals surface area contributed by atoms with Gasteiger partial charge in [0.2, 0.25) is 0 Å². The number of amides is 2. The SMILES string of the molecule is CCCCN1C(=O)C(C)Oc2ccc(NC(=O)c3ccc(Cl)c(Cl)c3)cc21. The van der Waals surface area contributed by atoms with Crippen LogP contribution in [0.25, 0.3) is 0 Å². The fourth-order valence-corrected chi connectivity index (χ4v) is 3.17. The minimum Gasteiger partial charge on any atom is -0.479 e. The Morgan fingerprint density at radius 2 is 1.96 bits per heavy atom. The average Bonchev–Trinajstić information content (AvgIpc) is 2.65. The summed E-state index contributed by atoms with van der Waals surface area (Å²) in [7, 11) is 0. The van der Waals surface area contributed by atoms with Gasteiger partial charge in [-0.15, -0.1) is 0 Å². The highest BCUT2D eigenvalue weighted by molar-refractivity contribution is 6.42. The molecular formula is C20H20Cl2N2O3. The van der Waals surface area contributed by atoms with Gasteiger partial charge in [-0.2, -0.15) is 0 Å². The summed E-state index contributed by atoms with van der Waals surface area (Å²) in [6, 6.07) is 9.95. The number of nitrogens with zero attached hydrogens (tertiary/aromatic N) is 1. The Kier molecular flexibility index (Phi) is 5.92. The number of rotatable bonds is 5. The molecule has 1 unspecified atom stereocenters. The van der Waals surface area contributed by atoms with Gasteiger partial charge in [0.15, 0.2) is 6.10 Å². The Morgan fingerprint density at radius 3 is 2.67 bits per heavy atom. The quantitative estimate of drug-likeness (QED) is 0.745. The van der Waals surface area contributed by atoms with E-state index in [0.717, 1.165) is 12.8 Å². The molecule has 2 amide bonds. The van der Waals surface area contributed by atoms with Crippen LogP contribution in [0.2, 0.25) is 10.0 Å². The van der Waals surface area contributed by atoms with Crippen molar-refractivity contribution in [3.05, 3.63) is 52.0 Å². The molecule has 27 heavy (non-hydrogen) atoms. The van der Waals surface area contributed by atoms with Crippen LogP contribution in [0, 0.1) is 0 Å². The van der Waals surface area contributed by atoms with Crippen LogP contribution in [0.4, 0.5) is 11.4 Å². The Morgan fingerprint density at radius 1 is 1.19 bits per heavy atom. The van der Waals surface area contributed by atoms with Crippen LogP contribution in [-0.2, 0) is 4.79 Å². The molecule has 0 saturated carbocycles. The highest BCUT2D eigenvalue weighted by Crippen LogP contribution is 2.36. The predicted octanol–water partition coefficient (Wildman–Crippen LogP) is 5.16. The zero-order chi connectivity index (χ0) is 19.6. The number of anilines is 2. The summed E-state index contributed by atoms with van der Waals surface area (Å²) < 4.78 is 5.69. The van der Waals surface area contributed by atoms with Gasteiger partial charge in [0, 0.05) is 17.8 Å². The maximum atomic E-state index is 12.5. The van der Waals surface area contributed by atoms with E-state index in [1.807, 2.05) is 0 Å². The summed E-state index contributed by atoms with van der Waals surface area (Å²) in [5, 5.41) is 3.52. The van der Waals surface area contributed by atoms with E-state index in [9.17, 15) is 9.59 Å². The van der Waals surface area contributed by atoms with Crippen molar-refractivity contribution >= 4 is 46.4 Å². The first-order chi connectivity index (χ1) is 12.9. The molecule has 2 aromatic rings. The number of nitrogens with one attached hydrogen (secondary N) is 1. The number of unbranched alkanes of at least 4 members (excludes halogenated alkanes) is 1. The van der Waals surface area contributed by atoms with Crippen molar-refractivity contribution in [1.29, 1.82) is 0 Å². The zero-order valence-corrected chi connectivity index (χ0v) is 16.6. The molecule has 1 aliphatic heterocycles. The molecule has 2 aromatic carbocycles. The molecule has 1 heterocycles. The number of hydrogen-bond donors (Lipinski definition) is 1. The minimum absolute atomic E-state index is 0.0797. The number of carbonyl (C=O) groups excluding carboxylic acids is 2. The number of fused-ring (bicyclic) bond motifs is 1. The molecule has 0 spiro atoms. The van der Waals surface area contributed by atoms with E-state index in [4.69, 9.17) is 27.9 Å². The Hall–Kier alpha value is -2.24. The summed E-state index contributed by atoms with van der Waals surface area (Å²) in [4.78, 5) is 26.7. The van der Waals surface area contributed by atoms with Gasteiger partial charge in [0.1, 0.15) is 5.75 Å². The molecule has 0 aliphatic carbocycles. The lowest BCUT2D eigenvalue weighted by atomic mass is 10.1. The lowest BCUT2D eigenvalue weighted by molar-refractivity contribution is -0.125. The highest BCUT2D eigenvalue weighted by atomic mass is 35.5. The summed E-state index contributed by atoms with van der Waals surface area (Å²) in [6.07, 6.45) is 1.34. The van der Waals surface area contributed by atoms with Crippen molar-refractivity contribution in [3.63, 3.8) is 0 Å². The van der Waals surface area contributed by atoms with Crippen molar-refractivity contribution in [1.82, 2.24) is 0 Å². The molecule has 7 heteroatoms. The van der Waals surface area contributed by atoms with Gasteiger partial charge in [-0.3, -0.25) is 9.59 Å². The summed E-state index contributed by atoms with van der Waals surface area (Å²) in [5.41, 5.74) is 1.63.